The number of ether oxygens (including phenoxy) is 1. The van der Waals surface area contributed by atoms with Crippen molar-refractivity contribution in [1.82, 2.24) is 4.72 Å². The Morgan fingerprint density at radius 2 is 1.92 bits per heavy atom. The molecular weight excluding hydrogens is 385 g/mol. The minimum absolute atomic E-state index is 0.0124. The van der Waals surface area contributed by atoms with Crippen molar-refractivity contribution in [2.45, 2.75) is 11.0 Å². The SMILES string of the molecule is COC(CNS(=O)(=O)c1cc(Cl)ccc1Cl)c1cc2ccccc2o1. The molecule has 2 aromatic carbocycles. The summed E-state index contributed by atoms with van der Waals surface area (Å²) in [7, 11) is -2.36. The number of nitrogens with one attached hydrogen (secondary N) is 1. The van der Waals surface area contributed by atoms with E-state index in [9.17, 15) is 8.42 Å². The zero-order valence-electron chi connectivity index (χ0n) is 13.2. The first-order valence-corrected chi connectivity index (χ1v) is 9.60. The minimum atomic E-state index is -3.84. The fraction of sp³-hybridized carbons (Fsp3) is 0.176. The van der Waals surface area contributed by atoms with Gasteiger partial charge in [-0.1, -0.05) is 41.4 Å². The number of hydrogen-bond acceptors (Lipinski definition) is 4. The third-order valence-electron chi connectivity index (χ3n) is 3.69. The van der Waals surface area contributed by atoms with Gasteiger partial charge in [0.25, 0.3) is 0 Å². The van der Waals surface area contributed by atoms with Crippen LogP contribution in [0.15, 0.2) is 57.8 Å². The lowest BCUT2D eigenvalue weighted by Gasteiger charge is -2.14. The fourth-order valence-corrected chi connectivity index (χ4v) is 4.20. The topological polar surface area (TPSA) is 68.5 Å². The molecule has 3 rings (SSSR count). The number of para-hydroxylation sites is 1. The monoisotopic (exact) mass is 399 g/mol. The first-order chi connectivity index (χ1) is 11.9. The highest BCUT2D eigenvalue weighted by Gasteiger charge is 2.22. The molecule has 0 saturated carbocycles. The quantitative estimate of drug-likeness (QED) is 0.666. The Labute approximate surface area is 155 Å². The van der Waals surface area contributed by atoms with Gasteiger partial charge < -0.3 is 9.15 Å². The normalized spacial score (nSPS) is 13.2. The second kappa shape index (κ2) is 7.35. The van der Waals surface area contributed by atoms with E-state index in [2.05, 4.69) is 4.72 Å². The molecule has 0 amide bonds. The van der Waals surface area contributed by atoms with Crippen LogP contribution < -0.4 is 4.72 Å². The third-order valence-corrected chi connectivity index (χ3v) is 5.83. The van der Waals surface area contributed by atoms with Crippen LogP contribution in [0.25, 0.3) is 11.0 Å². The maximum absolute atomic E-state index is 12.5. The highest BCUT2D eigenvalue weighted by atomic mass is 35.5. The lowest BCUT2D eigenvalue weighted by atomic mass is 10.2. The van der Waals surface area contributed by atoms with Gasteiger partial charge in [-0.25, -0.2) is 13.1 Å². The predicted molar refractivity (Wildman–Crippen MR) is 97.6 cm³/mol. The number of benzene rings is 2. The number of fused-ring (bicyclic) bond motifs is 1. The van der Waals surface area contributed by atoms with Crippen LogP contribution in [0, 0.1) is 0 Å². The van der Waals surface area contributed by atoms with Gasteiger partial charge in [0, 0.05) is 24.1 Å². The first-order valence-electron chi connectivity index (χ1n) is 7.36. The van der Waals surface area contributed by atoms with E-state index in [1.165, 1.54) is 25.3 Å². The summed E-state index contributed by atoms with van der Waals surface area (Å²) < 4.78 is 38.6. The van der Waals surface area contributed by atoms with Crippen molar-refractivity contribution in [2.24, 2.45) is 0 Å². The van der Waals surface area contributed by atoms with Crippen LogP contribution in [0.4, 0.5) is 0 Å². The molecule has 0 bridgehead atoms. The van der Waals surface area contributed by atoms with Gasteiger partial charge in [-0.2, -0.15) is 0 Å². The van der Waals surface area contributed by atoms with Crippen molar-refractivity contribution in [1.29, 1.82) is 0 Å². The van der Waals surface area contributed by atoms with Gasteiger partial charge >= 0.3 is 0 Å². The molecule has 3 aromatic rings. The van der Waals surface area contributed by atoms with E-state index in [4.69, 9.17) is 32.4 Å². The molecule has 8 heteroatoms. The summed E-state index contributed by atoms with van der Waals surface area (Å²) in [4.78, 5) is -0.0823. The molecule has 1 N–H and O–H groups in total. The van der Waals surface area contributed by atoms with Crippen LogP contribution in [0.3, 0.4) is 0 Å². The maximum atomic E-state index is 12.5. The molecule has 0 aliphatic rings. The van der Waals surface area contributed by atoms with Crippen LogP contribution in [-0.4, -0.2) is 22.1 Å². The van der Waals surface area contributed by atoms with Gasteiger partial charge in [0.2, 0.25) is 10.0 Å². The molecule has 1 unspecified atom stereocenters. The summed E-state index contributed by atoms with van der Waals surface area (Å²) in [5.74, 6) is 0.531. The largest absolute Gasteiger partial charge is 0.458 e. The number of methoxy groups -OCH3 is 1. The van der Waals surface area contributed by atoms with Crippen LogP contribution >= 0.6 is 23.2 Å². The zero-order valence-corrected chi connectivity index (χ0v) is 15.5. The Morgan fingerprint density at radius 1 is 1.16 bits per heavy atom. The molecule has 0 fully saturated rings. The van der Waals surface area contributed by atoms with Gasteiger partial charge in [-0.3, -0.25) is 0 Å². The lowest BCUT2D eigenvalue weighted by molar-refractivity contribution is 0.0893. The Balaban J connectivity index is 1.81. The van der Waals surface area contributed by atoms with Crippen LogP contribution in [0.2, 0.25) is 10.0 Å². The van der Waals surface area contributed by atoms with E-state index in [0.29, 0.717) is 11.3 Å². The van der Waals surface area contributed by atoms with Gasteiger partial charge in [0.1, 0.15) is 22.3 Å². The summed E-state index contributed by atoms with van der Waals surface area (Å²) >= 11 is 11.8. The fourth-order valence-electron chi connectivity index (χ4n) is 2.41. The lowest BCUT2D eigenvalue weighted by Crippen LogP contribution is -2.29. The zero-order chi connectivity index (χ0) is 18.0. The molecule has 132 valence electrons. The molecule has 1 atom stereocenters. The van der Waals surface area contributed by atoms with E-state index >= 15 is 0 Å². The van der Waals surface area contributed by atoms with Crippen molar-refractivity contribution in [2.75, 3.05) is 13.7 Å². The summed E-state index contributed by atoms with van der Waals surface area (Å²) in [6, 6.07) is 13.6. The number of sulfonamides is 1. The van der Waals surface area contributed by atoms with Crippen molar-refractivity contribution < 1.29 is 17.6 Å². The average Bonchev–Trinajstić information content (AvgIpc) is 3.01. The molecule has 0 aliphatic carbocycles. The predicted octanol–water partition coefficient (Wildman–Crippen LogP) is 4.41. The first kappa shape index (κ1) is 18.2. The van der Waals surface area contributed by atoms with Gasteiger partial charge in [-0.05, 0) is 30.3 Å². The Morgan fingerprint density at radius 3 is 2.64 bits per heavy atom. The molecule has 25 heavy (non-hydrogen) atoms. The average molecular weight is 400 g/mol. The van der Waals surface area contributed by atoms with Crippen LogP contribution in [0.1, 0.15) is 11.9 Å². The molecular formula is C17H15Cl2NO4S. The standard InChI is InChI=1S/C17H15Cl2NO4S/c1-23-16(15-8-11-4-2-3-5-14(11)24-15)10-20-25(21,22)17-9-12(18)6-7-13(17)19/h2-9,16,20H,10H2,1H3. The van der Waals surface area contributed by atoms with E-state index in [0.717, 1.165) is 5.39 Å². The van der Waals surface area contributed by atoms with Gasteiger partial charge in [0.05, 0.1) is 5.02 Å². The summed E-state index contributed by atoms with van der Waals surface area (Å²) in [5.41, 5.74) is 0.709. The molecule has 5 nitrogen and oxygen atoms in total. The van der Waals surface area contributed by atoms with E-state index < -0.39 is 16.1 Å². The van der Waals surface area contributed by atoms with Crippen molar-refractivity contribution in [3.63, 3.8) is 0 Å². The van der Waals surface area contributed by atoms with Gasteiger partial charge in [0.15, 0.2) is 0 Å². The number of hydrogen-bond donors (Lipinski definition) is 1. The smallest absolute Gasteiger partial charge is 0.242 e. The molecule has 0 radical (unpaired) electrons. The highest BCUT2D eigenvalue weighted by Crippen LogP contribution is 2.27. The molecule has 0 aliphatic heterocycles. The summed E-state index contributed by atoms with van der Waals surface area (Å²) in [5, 5.41) is 1.29. The number of furan rings is 1. The van der Waals surface area contributed by atoms with Crippen molar-refractivity contribution >= 4 is 44.2 Å². The van der Waals surface area contributed by atoms with Gasteiger partial charge in [-0.15, -0.1) is 0 Å². The molecule has 0 saturated heterocycles. The maximum Gasteiger partial charge on any atom is 0.242 e. The second-order valence-electron chi connectivity index (χ2n) is 5.34. The molecule has 0 spiro atoms. The van der Waals surface area contributed by atoms with Crippen molar-refractivity contribution in [3.8, 4) is 0 Å². The third kappa shape index (κ3) is 3.99. The van der Waals surface area contributed by atoms with E-state index in [1.807, 2.05) is 30.3 Å². The Hall–Kier alpha value is -1.57. The summed E-state index contributed by atoms with van der Waals surface area (Å²) in [6.45, 7) is -0.0124. The Bertz CT molecular complexity index is 968. The molecule has 1 aromatic heterocycles. The van der Waals surface area contributed by atoms with Crippen LogP contribution in [-0.2, 0) is 14.8 Å². The van der Waals surface area contributed by atoms with Crippen molar-refractivity contribution in [3.05, 3.63) is 64.3 Å². The van der Waals surface area contributed by atoms with E-state index in [-0.39, 0.29) is 21.5 Å². The minimum Gasteiger partial charge on any atom is -0.458 e. The van der Waals surface area contributed by atoms with Crippen LogP contribution in [0.5, 0.6) is 0 Å². The number of halogens is 2. The van der Waals surface area contributed by atoms with E-state index in [1.54, 1.807) is 0 Å². The second-order valence-corrected chi connectivity index (χ2v) is 7.92. The molecule has 1 heterocycles. The summed E-state index contributed by atoms with van der Waals surface area (Å²) in [6.07, 6.45) is -0.583. The number of rotatable bonds is 6. The highest BCUT2D eigenvalue weighted by molar-refractivity contribution is 7.89. The Kier molecular flexibility index (Phi) is 5.36.